The van der Waals surface area contributed by atoms with E-state index >= 15 is 0 Å². The molecule has 0 aliphatic heterocycles. The molecule has 0 bridgehead atoms. The van der Waals surface area contributed by atoms with E-state index in [4.69, 9.17) is 0 Å². The second-order valence-corrected chi connectivity index (χ2v) is 6.36. The molecule has 0 spiro atoms. The Morgan fingerprint density at radius 1 is 1.20 bits per heavy atom. The van der Waals surface area contributed by atoms with Gasteiger partial charge in [-0.25, -0.2) is 0 Å². The molecule has 0 aromatic carbocycles. The molecule has 0 heterocycles. The summed E-state index contributed by atoms with van der Waals surface area (Å²) in [7, 11) is 0. The molecule has 20 heavy (non-hydrogen) atoms. The standard InChI is InChI=1S/C19H29N/c1-4-5-6-10-16(3)19(17-11-8-12-17)20-18-13-7-9-15(2)14-18/h4-6,10,15,18,20H,3,7-9,11-14H2,1-2H3/b5-4+,10-6-. The fourth-order valence-electron chi connectivity index (χ4n) is 3.16. The molecule has 110 valence electrons. The first-order chi connectivity index (χ1) is 9.70. The molecular weight excluding hydrogens is 242 g/mol. The van der Waals surface area contributed by atoms with Gasteiger partial charge in [-0.15, -0.1) is 0 Å². The van der Waals surface area contributed by atoms with E-state index in [-0.39, 0.29) is 0 Å². The summed E-state index contributed by atoms with van der Waals surface area (Å²) >= 11 is 0. The molecule has 1 heteroatoms. The van der Waals surface area contributed by atoms with Crippen LogP contribution in [-0.2, 0) is 0 Å². The lowest BCUT2D eigenvalue weighted by Gasteiger charge is -2.32. The Morgan fingerprint density at radius 2 is 2.00 bits per heavy atom. The lowest BCUT2D eigenvalue weighted by Crippen LogP contribution is -2.34. The van der Waals surface area contributed by atoms with Crippen LogP contribution >= 0.6 is 0 Å². The van der Waals surface area contributed by atoms with Crippen molar-refractivity contribution < 1.29 is 0 Å². The second kappa shape index (κ2) is 7.52. The summed E-state index contributed by atoms with van der Waals surface area (Å²) in [6, 6.07) is 0.647. The molecule has 2 fully saturated rings. The number of hydrogen-bond acceptors (Lipinski definition) is 1. The summed E-state index contributed by atoms with van der Waals surface area (Å²) < 4.78 is 0. The Balaban J connectivity index is 2.03. The van der Waals surface area contributed by atoms with Crippen molar-refractivity contribution in [3.8, 4) is 0 Å². The van der Waals surface area contributed by atoms with Gasteiger partial charge in [-0.3, -0.25) is 0 Å². The predicted molar refractivity (Wildman–Crippen MR) is 88.5 cm³/mol. The molecule has 2 aliphatic rings. The highest BCUT2D eigenvalue weighted by molar-refractivity contribution is 5.42. The van der Waals surface area contributed by atoms with Crippen LogP contribution in [0.25, 0.3) is 0 Å². The Kier molecular flexibility index (Phi) is 5.70. The van der Waals surface area contributed by atoms with E-state index in [1.54, 1.807) is 5.57 Å². The number of rotatable bonds is 5. The van der Waals surface area contributed by atoms with Gasteiger partial charge >= 0.3 is 0 Å². The zero-order valence-corrected chi connectivity index (χ0v) is 13.1. The molecule has 1 nitrogen and oxygen atoms in total. The Hall–Kier alpha value is -1.24. The maximum atomic E-state index is 4.27. The lowest BCUT2D eigenvalue weighted by atomic mass is 9.84. The van der Waals surface area contributed by atoms with Gasteiger partial charge in [0.2, 0.25) is 0 Å². The van der Waals surface area contributed by atoms with Crippen LogP contribution in [0.3, 0.4) is 0 Å². The van der Waals surface area contributed by atoms with E-state index in [9.17, 15) is 0 Å². The third-order valence-corrected chi connectivity index (χ3v) is 4.52. The van der Waals surface area contributed by atoms with Gasteiger partial charge < -0.3 is 5.32 Å². The van der Waals surface area contributed by atoms with Gasteiger partial charge in [0.1, 0.15) is 0 Å². The maximum Gasteiger partial charge on any atom is 0.0401 e. The summed E-state index contributed by atoms with van der Waals surface area (Å²) in [6.45, 7) is 8.69. The fourth-order valence-corrected chi connectivity index (χ4v) is 3.16. The van der Waals surface area contributed by atoms with E-state index in [1.165, 1.54) is 50.6 Å². The van der Waals surface area contributed by atoms with Crippen LogP contribution in [0.15, 0.2) is 47.7 Å². The minimum Gasteiger partial charge on any atom is -0.382 e. The SMILES string of the molecule is C=C(/C=C\C=C\C)C(NC1CCCC(C)C1)=C1CCC1. The molecule has 2 aliphatic carbocycles. The van der Waals surface area contributed by atoms with Gasteiger partial charge in [-0.05, 0) is 56.1 Å². The molecule has 2 rings (SSSR count). The minimum absolute atomic E-state index is 0.647. The van der Waals surface area contributed by atoms with E-state index < -0.39 is 0 Å². The number of nitrogens with one attached hydrogen (secondary N) is 1. The molecule has 0 amide bonds. The first kappa shape index (κ1) is 15.2. The van der Waals surface area contributed by atoms with Crippen molar-refractivity contribution in [2.45, 2.75) is 64.8 Å². The van der Waals surface area contributed by atoms with Crippen molar-refractivity contribution in [2.75, 3.05) is 0 Å². The van der Waals surface area contributed by atoms with Crippen LogP contribution in [0.2, 0.25) is 0 Å². The Morgan fingerprint density at radius 3 is 2.60 bits per heavy atom. The van der Waals surface area contributed by atoms with Crippen molar-refractivity contribution in [2.24, 2.45) is 5.92 Å². The van der Waals surface area contributed by atoms with E-state index in [0.717, 1.165) is 11.5 Å². The molecule has 2 saturated carbocycles. The Labute approximate surface area is 124 Å². The molecule has 0 radical (unpaired) electrons. The van der Waals surface area contributed by atoms with Crippen LogP contribution in [-0.4, -0.2) is 6.04 Å². The molecule has 2 unspecified atom stereocenters. The first-order valence-electron chi connectivity index (χ1n) is 8.18. The zero-order valence-electron chi connectivity index (χ0n) is 13.1. The summed E-state index contributed by atoms with van der Waals surface area (Å²) in [5.41, 5.74) is 4.07. The molecule has 0 aromatic heterocycles. The highest BCUT2D eigenvalue weighted by Crippen LogP contribution is 2.32. The normalized spacial score (nSPS) is 26.8. The highest BCUT2D eigenvalue weighted by atomic mass is 14.9. The van der Waals surface area contributed by atoms with Crippen molar-refractivity contribution >= 4 is 0 Å². The average molecular weight is 271 g/mol. The van der Waals surface area contributed by atoms with Gasteiger partial charge in [0.15, 0.2) is 0 Å². The third-order valence-electron chi connectivity index (χ3n) is 4.52. The second-order valence-electron chi connectivity index (χ2n) is 6.36. The van der Waals surface area contributed by atoms with Gasteiger partial charge in [0, 0.05) is 11.7 Å². The van der Waals surface area contributed by atoms with Gasteiger partial charge in [0.25, 0.3) is 0 Å². The van der Waals surface area contributed by atoms with Gasteiger partial charge in [0.05, 0.1) is 0 Å². The maximum absolute atomic E-state index is 4.27. The minimum atomic E-state index is 0.647. The largest absolute Gasteiger partial charge is 0.382 e. The van der Waals surface area contributed by atoms with Gasteiger partial charge in [-0.2, -0.15) is 0 Å². The zero-order chi connectivity index (χ0) is 14.4. The molecule has 0 saturated heterocycles. The van der Waals surface area contributed by atoms with E-state index in [1.807, 2.05) is 6.92 Å². The molecule has 0 aromatic rings. The van der Waals surface area contributed by atoms with E-state index in [2.05, 4.69) is 43.1 Å². The number of hydrogen-bond donors (Lipinski definition) is 1. The average Bonchev–Trinajstić information content (AvgIpc) is 2.36. The predicted octanol–water partition coefficient (Wildman–Crippen LogP) is 5.28. The van der Waals surface area contributed by atoms with Crippen molar-refractivity contribution in [1.29, 1.82) is 0 Å². The molecule has 1 N–H and O–H groups in total. The summed E-state index contributed by atoms with van der Waals surface area (Å²) in [6.07, 6.45) is 17.6. The van der Waals surface area contributed by atoms with Crippen LogP contribution in [0.1, 0.15) is 58.8 Å². The van der Waals surface area contributed by atoms with Crippen LogP contribution < -0.4 is 5.32 Å². The summed E-state index contributed by atoms with van der Waals surface area (Å²) in [5, 5.41) is 3.82. The van der Waals surface area contributed by atoms with Crippen molar-refractivity contribution in [3.05, 3.63) is 47.7 Å². The lowest BCUT2D eigenvalue weighted by molar-refractivity contribution is 0.315. The molecular formula is C19H29N. The Bertz CT molecular complexity index is 419. The monoisotopic (exact) mass is 271 g/mol. The van der Waals surface area contributed by atoms with Crippen molar-refractivity contribution in [3.63, 3.8) is 0 Å². The smallest absolute Gasteiger partial charge is 0.0401 e. The third kappa shape index (κ3) is 4.13. The van der Waals surface area contributed by atoms with E-state index in [0.29, 0.717) is 6.04 Å². The highest BCUT2D eigenvalue weighted by Gasteiger charge is 2.22. The number of allylic oxidation sites excluding steroid dienone is 5. The quantitative estimate of drug-likeness (QED) is 0.671. The first-order valence-corrected chi connectivity index (χ1v) is 8.18. The van der Waals surface area contributed by atoms with Crippen molar-refractivity contribution in [1.82, 2.24) is 5.32 Å². The summed E-state index contributed by atoms with van der Waals surface area (Å²) in [4.78, 5) is 0. The summed E-state index contributed by atoms with van der Waals surface area (Å²) in [5.74, 6) is 0.862. The van der Waals surface area contributed by atoms with Gasteiger partial charge in [-0.1, -0.05) is 50.6 Å². The van der Waals surface area contributed by atoms with Crippen LogP contribution in [0, 0.1) is 5.92 Å². The van der Waals surface area contributed by atoms with Crippen LogP contribution in [0.5, 0.6) is 0 Å². The topological polar surface area (TPSA) is 12.0 Å². The van der Waals surface area contributed by atoms with Crippen LogP contribution in [0.4, 0.5) is 0 Å². The molecule has 2 atom stereocenters. The fraction of sp³-hybridized carbons (Fsp3) is 0.579.